The van der Waals surface area contributed by atoms with Gasteiger partial charge in [-0.3, -0.25) is 19.2 Å². The van der Waals surface area contributed by atoms with Crippen LogP contribution in [0, 0.1) is 6.92 Å². The first kappa shape index (κ1) is 36.9. The lowest BCUT2D eigenvalue weighted by Crippen LogP contribution is -2.36. The second kappa shape index (κ2) is 18.5. The van der Waals surface area contributed by atoms with Crippen LogP contribution in [0.4, 0.5) is 11.4 Å². The number of pyridine rings is 1. The summed E-state index contributed by atoms with van der Waals surface area (Å²) < 4.78 is 33.6. The number of anilines is 2. The highest BCUT2D eigenvalue weighted by Crippen LogP contribution is 2.33. The van der Waals surface area contributed by atoms with Crippen molar-refractivity contribution < 1.29 is 52.2 Å². The molecule has 13 nitrogen and oxygen atoms in total. The summed E-state index contributed by atoms with van der Waals surface area (Å²) >= 11 is 0. The van der Waals surface area contributed by atoms with Gasteiger partial charge in [0.1, 0.15) is 57.9 Å². The SMILES string of the molecule is COC(=O)CN(CC(=O)OC)c1ccc(/C=C/c2cc[n+](C)cc2)cc1OCCOc1cccc(C)c1N(CC(=O)OC)CC(=O)OC. The molecule has 3 aromatic rings. The van der Waals surface area contributed by atoms with Crippen LogP contribution in [0.25, 0.3) is 12.2 Å². The Balaban J connectivity index is 1.89. The third-order valence-electron chi connectivity index (χ3n) is 7.10. The fraction of sp³-hybridized carbons (Fsp3) is 0.343. The summed E-state index contributed by atoms with van der Waals surface area (Å²) in [5.41, 5.74) is 3.55. The fourth-order valence-corrected chi connectivity index (χ4v) is 4.61. The molecule has 0 unspecified atom stereocenters. The molecule has 0 aliphatic carbocycles. The Kier molecular flexibility index (Phi) is 14.2. The van der Waals surface area contributed by atoms with Gasteiger partial charge >= 0.3 is 23.9 Å². The van der Waals surface area contributed by atoms with E-state index in [0.717, 1.165) is 16.7 Å². The average molecular weight is 665 g/mol. The van der Waals surface area contributed by atoms with Crippen LogP contribution in [-0.2, 0) is 45.2 Å². The maximum atomic E-state index is 12.3. The Hall–Kier alpha value is -5.59. The normalized spacial score (nSPS) is 10.6. The Morgan fingerprint density at radius 2 is 1.15 bits per heavy atom. The Morgan fingerprint density at radius 1 is 0.646 bits per heavy atom. The molecule has 0 bridgehead atoms. The van der Waals surface area contributed by atoms with E-state index >= 15 is 0 Å². The Morgan fingerprint density at radius 3 is 1.69 bits per heavy atom. The van der Waals surface area contributed by atoms with Gasteiger partial charge in [-0.2, -0.15) is 0 Å². The molecule has 0 N–H and O–H groups in total. The van der Waals surface area contributed by atoms with Crippen LogP contribution < -0.4 is 23.8 Å². The van der Waals surface area contributed by atoms with Crippen LogP contribution in [0.15, 0.2) is 60.9 Å². The Labute approximate surface area is 280 Å². The molecule has 256 valence electrons. The Bertz CT molecular complexity index is 1550. The average Bonchev–Trinajstić information content (AvgIpc) is 3.09. The lowest BCUT2D eigenvalue weighted by atomic mass is 10.1. The predicted molar refractivity (Wildman–Crippen MR) is 178 cm³/mol. The third-order valence-corrected chi connectivity index (χ3v) is 7.10. The highest BCUT2D eigenvalue weighted by atomic mass is 16.5. The number of ether oxygens (including phenoxy) is 6. The summed E-state index contributed by atoms with van der Waals surface area (Å²) in [4.78, 5) is 52.0. The number of benzene rings is 2. The number of para-hydroxylation sites is 1. The van der Waals surface area contributed by atoms with Crippen molar-refractivity contribution in [3.8, 4) is 11.5 Å². The predicted octanol–water partition coefficient (Wildman–Crippen LogP) is 2.75. The second-order valence-corrected chi connectivity index (χ2v) is 10.5. The smallest absolute Gasteiger partial charge is 0.325 e. The topological polar surface area (TPSA) is 134 Å². The van der Waals surface area contributed by atoms with E-state index in [0.29, 0.717) is 22.9 Å². The van der Waals surface area contributed by atoms with Gasteiger partial charge in [0.2, 0.25) is 0 Å². The molecule has 13 heteroatoms. The maximum Gasteiger partial charge on any atom is 0.325 e. The first-order valence-corrected chi connectivity index (χ1v) is 15.0. The quantitative estimate of drug-likeness (QED) is 0.0909. The maximum absolute atomic E-state index is 12.3. The lowest BCUT2D eigenvalue weighted by Gasteiger charge is -2.27. The molecular formula is C35H42N3O10+. The van der Waals surface area contributed by atoms with E-state index in [1.54, 1.807) is 24.3 Å². The van der Waals surface area contributed by atoms with Crippen LogP contribution in [0.1, 0.15) is 16.7 Å². The first-order chi connectivity index (χ1) is 23.1. The van der Waals surface area contributed by atoms with Crippen LogP contribution >= 0.6 is 0 Å². The lowest BCUT2D eigenvalue weighted by molar-refractivity contribution is -0.671. The minimum Gasteiger partial charge on any atom is -0.488 e. The van der Waals surface area contributed by atoms with E-state index in [9.17, 15) is 19.2 Å². The summed E-state index contributed by atoms with van der Waals surface area (Å²) in [7, 11) is 7.01. The monoisotopic (exact) mass is 664 g/mol. The molecule has 0 atom stereocenters. The molecule has 3 rings (SSSR count). The van der Waals surface area contributed by atoms with Gasteiger partial charge < -0.3 is 38.2 Å². The van der Waals surface area contributed by atoms with E-state index in [1.807, 2.05) is 67.3 Å². The first-order valence-electron chi connectivity index (χ1n) is 15.0. The molecule has 0 aliphatic rings. The van der Waals surface area contributed by atoms with Crippen molar-refractivity contribution in [3.05, 3.63) is 77.6 Å². The van der Waals surface area contributed by atoms with Crippen molar-refractivity contribution in [2.24, 2.45) is 7.05 Å². The number of hydrogen-bond acceptors (Lipinski definition) is 12. The zero-order valence-corrected chi connectivity index (χ0v) is 28.1. The van der Waals surface area contributed by atoms with E-state index in [2.05, 4.69) is 0 Å². The molecule has 0 saturated heterocycles. The number of nitrogens with zero attached hydrogens (tertiary/aromatic N) is 3. The van der Waals surface area contributed by atoms with Crippen molar-refractivity contribution in [3.63, 3.8) is 0 Å². The van der Waals surface area contributed by atoms with Crippen molar-refractivity contribution in [1.82, 2.24) is 0 Å². The van der Waals surface area contributed by atoms with Crippen molar-refractivity contribution in [2.45, 2.75) is 6.92 Å². The van der Waals surface area contributed by atoms with Crippen molar-refractivity contribution in [2.75, 3.05) is 77.6 Å². The highest BCUT2D eigenvalue weighted by Gasteiger charge is 2.23. The molecule has 1 aromatic heterocycles. The zero-order chi connectivity index (χ0) is 35.1. The zero-order valence-electron chi connectivity index (χ0n) is 28.1. The van der Waals surface area contributed by atoms with Gasteiger partial charge in [-0.05, 0) is 41.8 Å². The van der Waals surface area contributed by atoms with Gasteiger partial charge in [0, 0.05) is 12.1 Å². The number of aryl methyl sites for hydroxylation is 2. The molecular weight excluding hydrogens is 622 g/mol. The number of methoxy groups -OCH3 is 4. The molecule has 0 spiro atoms. The standard InChI is InChI=1S/C35H42N3O10/c1-25-8-7-9-29(35(25)38(23-33(41)45-5)24-34(42)46-6)47-18-19-48-30-20-27(11-10-26-14-16-36(2)17-15-26)12-13-28(30)37(21-31(39)43-3)22-32(40)44-4/h7-17,20H,18-19,21-24H2,1-6H3/q+1. The molecule has 0 radical (unpaired) electrons. The fourth-order valence-electron chi connectivity index (χ4n) is 4.61. The van der Waals surface area contributed by atoms with Gasteiger partial charge in [-0.15, -0.1) is 0 Å². The van der Waals surface area contributed by atoms with Gasteiger partial charge in [0.15, 0.2) is 12.4 Å². The molecule has 1 heterocycles. The largest absolute Gasteiger partial charge is 0.488 e. The summed E-state index contributed by atoms with van der Waals surface area (Å²) in [6.45, 7) is 1.10. The molecule has 0 aliphatic heterocycles. The third kappa shape index (κ3) is 11.0. The number of carbonyl (C=O) groups excluding carboxylic acids is 4. The van der Waals surface area contributed by atoms with Crippen LogP contribution in [0.3, 0.4) is 0 Å². The summed E-state index contributed by atoms with van der Waals surface area (Å²) in [6.07, 6.45) is 7.76. The van der Waals surface area contributed by atoms with Crippen LogP contribution in [0.5, 0.6) is 11.5 Å². The minimum atomic E-state index is -0.551. The number of esters is 4. The molecule has 2 aromatic carbocycles. The van der Waals surface area contributed by atoms with Crippen molar-refractivity contribution in [1.29, 1.82) is 0 Å². The summed E-state index contributed by atoms with van der Waals surface area (Å²) in [6, 6.07) is 14.7. The molecule has 0 fully saturated rings. The van der Waals surface area contributed by atoms with E-state index in [4.69, 9.17) is 28.4 Å². The van der Waals surface area contributed by atoms with Crippen LogP contribution in [0.2, 0.25) is 0 Å². The molecule has 48 heavy (non-hydrogen) atoms. The molecule has 0 saturated carbocycles. The van der Waals surface area contributed by atoms with E-state index in [1.165, 1.54) is 38.2 Å². The van der Waals surface area contributed by atoms with Gasteiger partial charge in [-0.1, -0.05) is 30.4 Å². The highest BCUT2D eigenvalue weighted by molar-refractivity contribution is 5.84. The van der Waals surface area contributed by atoms with Gasteiger partial charge in [0.25, 0.3) is 0 Å². The van der Waals surface area contributed by atoms with Gasteiger partial charge in [-0.25, -0.2) is 4.57 Å². The second-order valence-electron chi connectivity index (χ2n) is 10.5. The van der Waals surface area contributed by atoms with E-state index in [-0.39, 0.29) is 39.4 Å². The summed E-state index contributed by atoms with van der Waals surface area (Å²) in [5.74, 6) is -1.38. The van der Waals surface area contributed by atoms with Crippen molar-refractivity contribution >= 4 is 47.4 Å². The number of carbonyl (C=O) groups is 4. The minimum absolute atomic E-state index is 0.0566. The van der Waals surface area contributed by atoms with Gasteiger partial charge in [0.05, 0.1) is 39.8 Å². The number of rotatable bonds is 17. The number of hydrogen-bond donors (Lipinski definition) is 0. The number of aromatic nitrogens is 1. The molecule has 0 amide bonds. The van der Waals surface area contributed by atoms with Crippen LogP contribution in [-0.4, -0.2) is 91.7 Å². The van der Waals surface area contributed by atoms with E-state index < -0.39 is 23.9 Å². The summed E-state index contributed by atoms with van der Waals surface area (Å²) in [5, 5.41) is 0.